The Morgan fingerprint density at radius 1 is 0.853 bits per heavy atom. The van der Waals surface area contributed by atoms with E-state index in [1.54, 1.807) is 14.2 Å². The lowest BCUT2D eigenvalue weighted by atomic mass is 9.98. The lowest BCUT2D eigenvalue weighted by Gasteiger charge is -2.36. The van der Waals surface area contributed by atoms with Crippen LogP contribution in [-0.4, -0.2) is 86.5 Å². The summed E-state index contributed by atoms with van der Waals surface area (Å²) < 4.78 is 10.8. The molecule has 1 N–H and O–H groups in total. The van der Waals surface area contributed by atoms with Crippen molar-refractivity contribution >= 4 is 11.8 Å². The molecule has 0 atom stereocenters. The molecule has 0 unspecified atom stereocenters. The third kappa shape index (κ3) is 6.07. The zero-order chi connectivity index (χ0) is 23.9. The number of carbonyl (C=O) groups excluding carboxylic acids is 2. The van der Waals surface area contributed by atoms with Crippen LogP contribution in [0.5, 0.6) is 11.5 Å². The number of amides is 2. The van der Waals surface area contributed by atoms with Crippen molar-refractivity contribution in [1.82, 2.24) is 20.0 Å². The summed E-state index contributed by atoms with van der Waals surface area (Å²) in [6, 6.07) is 13.9. The van der Waals surface area contributed by atoms with E-state index in [-0.39, 0.29) is 11.8 Å². The number of benzene rings is 2. The molecule has 1 fully saturated rings. The van der Waals surface area contributed by atoms with Crippen LogP contribution in [0.2, 0.25) is 0 Å². The van der Waals surface area contributed by atoms with E-state index in [1.807, 2.05) is 47.4 Å². The minimum Gasteiger partial charge on any atom is -0.493 e. The number of ether oxygens (including phenoxy) is 2. The van der Waals surface area contributed by atoms with E-state index in [2.05, 4.69) is 15.1 Å². The molecule has 0 bridgehead atoms. The Bertz CT molecular complexity index is 990. The van der Waals surface area contributed by atoms with Crippen molar-refractivity contribution in [3.63, 3.8) is 0 Å². The fourth-order valence-electron chi connectivity index (χ4n) is 4.55. The highest BCUT2D eigenvalue weighted by Crippen LogP contribution is 2.33. The summed E-state index contributed by atoms with van der Waals surface area (Å²) in [6.07, 6.45) is 0.813. The van der Waals surface area contributed by atoms with E-state index in [0.717, 1.165) is 49.5 Å². The van der Waals surface area contributed by atoms with E-state index in [1.165, 1.54) is 5.56 Å². The summed E-state index contributed by atoms with van der Waals surface area (Å²) in [7, 11) is 3.27. The Morgan fingerprint density at radius 2 is 1.47 bits per heavy atom. The molecule has 2 aliphatic heterocycles. The molecule has 0 saturated carbocycles. The van der Waals surface area contributed by atoms with Crippen molar-refractivity contribution in [2.24, 2.45) is 0 Å². The molecule has 2 amide bonds. The highest BCUT2D eigenvalue weighted by atomic mass is 16.5. The van der Waals surface area contributed by atoms with Crippen LogP contribution < -0.4 is 14.8 Å². The van der Waals surface area contributed by atoms with Gasteiger partial charge in [-0.3, -0.25) is 19.4 Å². The number of nitrogens with zero attached hydrogens (tertiary/aromatic N) is 3. The third-order valence-corrected chi connectivity index (χ3v) is 6.59. The van der Waals surface area contributed by atoms with Gasteiger partial charge in [0.2, 0.25) is 11.8 Å². The molecule has 34 heavy (non-hydrogen) atoms. The molecule has 0 aromatic heterocycles. The largest absolute Gasteiger partial charge is 0.493 e. The molecule has 0 aliphatic carbocycles. The third-order valence-electron chi connectivity index (χ3n) is 6.59. The van der Waals surface area contributed by atoms with Crippen LogP contribution in [0, 0.1) is 0 Å². The topological polar surface area (TPSA) is 74.4 Å². The first-order chi connectivity index (χ1) is 16.6. The Morgan fingerprint density at radius 3 is 2.12 bits per heavy atom. The molecule has 2 aromatic rings. The number of hydrogen-bond acceptors (Lipinski definition) is 6. The zero-order valence-electron chi connectivity index (χ0n) is 20.1. The molecule has 182 valence electrons. The summed E-state index contributed by atoms with van der Waals surface area (Å²) in [5.41, 5.74) is 3.42. The maximum absolute atomic E-state index is 13.0. The molecule has 2 aromatic carbocycles. The molecule has 8 heteroatoms. The minimum atomic E-state index is 0.0346. The smallest absolute Gasteiger partial charge is 0.237 e. The second-order valence-corrected chi connectivity index (χ2v) is 8.86. The van der Waals surface area contributed by atoms with Crippen LogP contribution in [-0.2, 0) is 29.1 Å². The Labute approximate surface area is 201 Å². The molecule has 8 nitrogen and oxygen atoms in total. The fraction of sp³-hybridized carbons (Fsp3) is 0.462. The van der Waals surface area contributed by atoms with Gasteiger partial charge in [-0.15, -0.1) is 0 Å². The van der Waals surface area contributed by atoms with Gasteiger partial charge in [0.15, 0.2) is 11.5 Å². The second kappa shape index (κ2) is 11.4. The highest BCUT2D eigenvalue weighted by Gasteiger charge is 2.26. The molecule has 2 aliphatic rings. The van der Waals surface area contributed by atoms with E-state index in [0.29, 0.717) is 38.5 Å². The summed E-state index contributed by atoms with van der Waals surface area (Å²) in [5.74, 6) is 1.61. The minimum absolute atomic E-state index is 0.0346. The van der Waals surface area contributed by atoms with Gasteiger partial charge in [0.25, 0.3) is 0 Å². The molecule has 0 radical (unpaired) electrons. The van der Waals surface area contributed by atoms with Crippen LogP contribution in [0.15, 0.2) is 42.5 Å². The molecule has 4 rings (SSSR count). The number of piperazine rings is 1. The number of methoxy groups -OCH3 is 2. The van der Waals surface area contributed by atoms with Crippen molar-refractivity contribution in [3.8, 4) is 11.5 Å². The first kappa shape index (κ1) is 24.0. The Balaban J connectivity index is 1.21. The fourth-order valence-corrected chi connectivity index (χ4v) is 4.55. The SMILES string of the molecule is COc1cc2c(cc1OC)CN(C(=O)CN1CCN(CC(=O)NCc3ccccc3)CC1)CC2. The molecular weight excluding hydrogens is 432 g/mol. The number of hydrogen-bond donors (Lipinski definition) is 1. The van der Waals surface area contributed by atoms with Gasteiger partial charge in [0.05, 0.1) is 27.3 Å². The van der Waals surface area contributed by atoms with E-state index >= 15 is 0 Å². The monoisotopic (exact) mass is 466 g/mol. The van der Waals surface area contributed by atoms with Crippen molar-refractivity contribution in [1.29, 1.82) is 0 Å². The predicted molar refractivity (Wildman–Crippen MR) is 130 cm³/mol. The van der Waals surface area contributed by atoms with Crippen LogP contribution in [0.1, 0.15) is 16.7 Å². The lowest BCUT2D eigenvalue weighted by Crippen LogP contribution is -2.52. The average molecular weight is 467 g/mol. The van der Waals surface area contributed by atoms with Gasteiger partial charge in [-0.2, -0.15) is 0 Å². The number of nitrogens with one attached hydrogen (secondary N) is 1. The van der Waals surface area contributed by atoms with Gasteiger partial charge in [-0.25, -0.2) is 0 Å². The van der Waals surface area contributed by atoms with E-state index in [4.69, 9.17) is 9.47 Å². The standard InChI is InChI=1S/C26H34N4O4/c1-33-23-14-21-8-9-30(17-22(21)15-24(23)34-2)26(32)19-29-12-10-28(11-13-29)18-25(31)27-16-20-6-4-3-5-7-20/h3-7,14-15H,8-13,16-19H2,1-2H3,(H,27,31). The van der Waals surface area contributed by atoms with E-state index in [9.17, 15) is 9.59 Å². The van der Waals surface area contributed by atoms with Crippen molar-refractivity contribution in [2.75, 3.05) is 60.0 Å². The predicted octanol–water partition coefficient (Wildman–Crippen LogP) is 1.52. The van der Waals surface area contributed by atoms with Crippen molar-refractivity contribution < 1.29 is 19.1 Å². The molecule has 1 saturated heterocycles. The first-order valence-corrected chi connectivity index (χ1v) is 11.8. The van der Waals surface area contributed by atoms with Gasteiger partial charge in [0, 0.05) is 45.8 Å². The first-order valence-electron chi connectivity index (χ1n) is 11.8. The quantitative estimate of drug-likeness (QED) is 0.636. The van der Waals surface area contributed by atoms with Crippen LogP contribution in [0.4, 0.5) is 0 Å². The zero-order valence-corrected chi connectivity index (χ0v) is 20.1. The normalized spacial score (nSPS) is 16.6. The van der Waals surface area contributed by atoms with Crippen LogP contribution in [0.25, 0.3) is 0 Å². The van der Waals surface area contributed by atoms with Crippen LogP contribution in [0.3, 0.4) is 0 Å². The van der Waals surface area contributed by atoms with Gasteiger partial charge in [-0.1, -0.05) is 30.3 Å². The summed E-state index contributed by atoms with van der Waals surface area (Å²) in [5, 5.41) is 2.98. The van der Waals surface area contributed by atoms with Gasteiger partial charge in [-0.05, 0) is 35.2 Å². The number of rotatable bonds is 8. The number of fused-ring (bicyclic) bond motifs is 1. The van der Waals surface area contributed by atoms with Gasteiger partial charge >= 0.3 is 0 Å². The Kier molecular flexibility index (Phi) is 8.03. The van der Waals surface area contributed by atoms with Gasteiger partial charge in [0.1, 0.15) is 0 Å². The van der Waals surface area contributed by atoms with Crippen molar-refractivity contribution in [3.05, 3.63) is 59.2 Å². The number of carbonyl (C=O) groups is 2. The van der Waals surface area contributed by atoms with Crippen LogP contribution >= 0.6 is 0 Å². The Hall–Kier alpha value is -3.10. The van der Waals surface area contributed by atoms with Crippen molar-refractivity contribution in [2.45, 2.75) is 19.5 Å². The average Bonchev–Trinajstić information content (AvgIpc) is 2.88. The maximum Gasteiger partial charge on any atom is 0.237 e. The molecule has 2 heterocycles. The summed E-state index contributed by atoms with van der Waals surface area (Å²) in [6.45, 7) is 5.79. The summed E-state index contributed by atoms with van der Waals surface area (Å²) >= 11 is 0. The molecule has 0 spiro atoms. The molecular formula is C26H34N4O4. The van der Waals surface area contributed by atoms with Gasteiger partial charge < -0.3 is 19.7 Å². The summed E-state index contributed by atoms with van der Waals surface area (Å²) in [4.78, 5) is 31.5. The second-order valence-electron chi connectivity index (χ2n) is 8.86. The maximum atomic E-state index is 13.0. The highest BCUT2D eigenvalue weighted by molar-refractivity contribution is 5.79. The lowest BCUT2D eigenvalue weighted by molar-refractivity contribution is -0.134. The van der Waals surface area contributed by atoms with E-state index < -0.39 is 0 Å².